The Kier molecular flexibility index (Phi) is 12.1. The van der Waals surface area contributed by atoms with Crippen molar-refractivity contribution >= 4 is 27.6 Å². The Balaban J connectivity index is 1.73. The second kappa shape index (κ2) is 15.8. The summed E-state index contributed by atoms with van der Waals surface area (Å²) in [6.45, 7) is 14.6. The molecule has 0 spiro atoms. The van der Waals surface area contributed by atoms with Gasteiger partial charge in [-0.05, 0) is 76.8 Å². The lowest BCUT2D eigenvalue weighted by Gasteiger charge is -2.30. The third-order valence-electron chi connectivity index (χ3n) is 8.23. The summed E-state index contributed by atoms with van der Waals surface area (Å²) in [7, 11) is -3.90. The van der Waals surface area contributed by atoms with E-state index in [2.05, 4.69) is 52.5 Å². The van der Waals surface area contributed by atoms with E-state index in [4.69, 9.17) is 4.74 Å². The van der Waals surface area contributed by atoms with Gasteiger partial charge in [0.1, 0.15) is 5.75 Å². The van der Waals surface area contributed by atoms with E-state index in [1.54, 1.807) is 12.1 Å². The number of fused-ring (bicyclic) bond motifs is 1. The maximum atomic E-state index is 13.9. The number of carboxylic acid groups (broad SMARTS) is 1. The number of anilines is 1. The Bertz CT molecular complexity index is 1640. The van der Waals surface area contributed by atoms with E-state index in [0.717, 1.165) is 33.7 Å². The number of carbonyl (C=O) groups is 2. The number of benzene rings is 3. The van der Waals surface area contributed by atoms with E-state index in [1.165, 1.54) is 9.21 Å². The highest BCUT2D eigenvalue weighted by atomic mass is 32.2. The number of hydrogen-bond donors (Lipinski definition) is 1. The molecule has 1 aliphatic heterocycles. The number of amides is 1. The first-order valence-corrected chi connectivity index (χ1v) is 17.9. The van der Waals surface area contributed by atoms with Gasteiger partial charge in [-0.15, -0.1) is 0 Å². The molecule has 0 atom stereocenters. The van der Waals surface area contributed by atoms with Gasteiger partial charge in [0.05, 0.1) is 11.5 Å². The Labute approximate surface area is 280 Å². The molecule has 3 aromatic carbocycles. The number of aliphatic carboxylic acids is 1. The van der Waals surface area contributed by atoms with Gasteiger partial charge < -0.3 is 19.6 Å². The predicted octanol–water partition coefficient (Wildman–Crippen LogP) is 6.48. The molecule has 254 valence electrons. The lowest BCUT2D eigenvalue weighted by molar-refractivity contribution is -0.156. The van der Waals surface area contributed by atoms with Crippen LogP contribution in [0.4, 0.5) is 5.69 Å². The van der Waals surface area contributed by atoms with Crippen LogP contribution in [0.2, 0.25) is 0 Å². The third kappa shape index (κ3) is 9.35. The van der Waals surface area contributed by atoms with Crippen molar-refractivity contribution in [1.29, 1.82) is 0 Å². The minimum Gasteiger partial charge on any atom is -0.493 e. The summed E-state index contributed by atoms with van der Waals surface area (Å²) < 4.78 is 35.2. The number of ether oxygens (including phenoxy) is 1. The monoisotopic (exact) mass is 663 g/mol. The van der Waals surface area contributed by atoms with Gasteiger partial charge in [0.15, 0.2) is 0 Å². The first kappa shape index (κ1) is 36.0. The summed E-state index contributed by atoms with van der Waals surface area (Å²) in [6.07, 6.45) is 0.547. The molecular formula is C37H49N3O6S. The molecule has 0 bridgehead atoms. The van der Waals surface area contributed by atoms with Crippen molar-refractivity contribution < 1.29 is 27.9 Å². The zero-order valence-electron chi connectivity index (χ0n) is 28.5. The first-order valence-electron chi connectivity index (χ1n) is 16.5. The lowest BCUT2D eigenvalue weighted by Crippen LogP contribution is -2.43. The zero-order valence-corrected chi connectivity index (χ0v) is 29.3. The molecule has 4 rings (SSSR count). The zero-order chi connectivity index (χ0) is 34.3. The highest BCUT2D eigenvalue weighted by molar-refractivity contribution is 7.89. The molecule has 1 heterocycles. The number of carbonyl (C=O) groups excluding carboxylic acids is 1. The van der Waals surface area contributed by atoms with Gasteiger partial charge in [-0.1, -0.05) is 77.9 Å². The molecule has 0 unspecified atom stereocenters. The summed E-state index contributed by atoms with van der Waals surface area (Å²) in [6, 6.07) is 20.9. The molecule has 9 nitrogen and oxygen atoms in total. The Morgan fingerprint density at radius 3 is 2.17 bits per heavy atom. The van der Waals surface area contributed by atoms with Crippen molar-refractivity contribution in [3.05, 3.63) is 77.9 Å². The molecule has 3 aromatic rings. The number of nitrogens with zero attached hydrogens (tertiary/aromatic N) is 3. The van der Waals surface area contributed by atoms with Gasteiger partial charge in [0.2, 0.25) is 10.0 Å². The van der Waals surface area contributed by atoms with Crippen LogP contribution < -0.4 is 9.64 Å². The quantitative estimate of drug-likeness (QED) is 0.261. The Hall–Kier alpha value is -3.89. The van der Waals surface area contributed by atoms with Crippen molar-refractivity contribution in [2.45, 2.75) is 65.3 Å². The summed E-state index contributed by atoms with van der Waals surface area (Å²) in [5.74, 6) is -0.913. The van der Waals surface area contributed by atoms with Gasteiger partial charge in [-0.3, -0.25) is 4.79 Å². The molecule has 0 aliphatic carbocycles. The maximum Gasteiger partial charge on any atom is 0.394 e. The highest BCUT2D eigenvalue weighted by Gasteiger charge is 2.30. The molecule has 1 amide bonds. The smallest absolute Gasteiger partial charge is 0.394 e. The van der Waals surface area contributed by atoms with Crippen molar-refractivity contribution in [2.24, 2.45) is 11.8 Å². The van der Waals surface area contributed by atoms with Crippen LogP contribution >= 0.6 is 0 Å². The predicted molar refractivity (Wildman–Crippen MR) is 186 cm³/mol. The van der Waals surface area contributed by atoms with Crippen LogP contribution in [0.15, 0.2) is 71.6 Å². The van der Waals surface area contributed by atoms with Gasteiger partial charge in [-0.2, -0.15) is 4.31 Å². The van der Waals surface area contributed by atoms with Gasteiger partial charge in [0, 0.05) is 45.0 Å². The molecule has 0 saturated carbocycles. The van der Waals surface area contributed by atoms with E-state index < -0.39 is 21.9 Å². The Morgan fingerprint density at radius 2 is 1.53 bits per heavy atom. The molecule has 0 saturated heterocycles. The standard InChI is InChI=1S/C37H49N3O6S/c1-26(2)23-38-17-8-18-40(47(44,45)34-15-13-29(14-16-34)28(5)6)20-19-39(36(41)37(42)43)24-32-12-11-31(22-35(32)38)30-9-7-10-33(21-30)46-25-27(3)4/h7,9-16,21-22,26-28H,8,17-20,23-25H2,1-6H3,(H,42,43). The van der Waals surface area contributed by atoms with E-state index in [-0.39, 0.29) is 37.0 Å². The minimum atomic E-state index is -3.90. The van der Waals surface area contributed by atoms with Crippen molar-refractivity contribution in [2.75, 3.05) is 44.2 Å². The summed E-state index contributed by atoms with van der Waals surface area (Å²) in [5, 5.41) is 9.72. The second-order valence-corrected chi connectivity index (χ2v) is 15.4. The van der Waals surface area contributed by atoms with E-state index >= 15 is 0 Å². The van der Waals surface area contributed by atoms with E-state index in [0.29, 0.717) is 38.0 Å². The highest BCUT2D eigenvalue weighted by Crippen LogP contribution is 2.32. The van der Waals surface area contributed by atoms with Crippen LogP contribution in [0.3, 0.4) is 0 Å². The average molecular weight is 664 g/mol. The van der Waals surface area contributed by atoms with Crippen LogP contribution in [0.1, 0.15) is 65.0 Å². The van der Waals surface area contributed by atoms with E-state index in [9.17, 15) is 23.1 Å². The van der Waals surface area contributed by atoms with Gasteiger partial charge >= 0.3 is 11.9 Å². The van der Waals surface area contributed by atoms with Crippen LogP contribution in [0, 0.1) is 11.8 Å². The second-order valence-electron chi connectivity index (χ2n) is 13.4. The molecule has 0 aromatic heterocycles. The van der Waals surface area contributed by atoms with Crippen LogP contribution in [0.5, 0.6) is 5.75 Å². The average Bonchev–Trinajstić information content (AvgIpc) is 3.06. The van der Waals surface area contributed by atoms with Crippen LogP contribution in [0.25, 0.3) is 11.1 Å². The molecule has 1 N–H and O–H groups in total. The van der Waals surface area contributed by atoms with Gasteiger partial charge in [-0.25, -0.2) is 13.2 Å². The summed E-state index contributed by atoms with van der Waals surface area (Å²) >= 11 is 0. The fraction of sp³-hybridized carbons (Fsp3) is 0.459. The number of sulfonamides is 1. The SMILES string of the molecule is CC(C)COc1cccc(-c2ccc3c(c2)N(CC(C)C)CCCN(S(=O)(=O)c2ccc(C(C)C)cc2)CCN(C(=O)C(=O)O)C3)c1. The van der Waals surface area contributed by atoms with Crippen LogP contribution in [-0.4, -0.2) is 73.9 Å². The van der Waals surface area contributed by atoms with Gasteiger partial charge in [0.25, 0.3) is 0 Å². The van der Waals surface area contributed by atoms with Crippen molar-refractivity contribution in [3.63, 3.8) is 0 Å². The first-order chi connectivity index (χ1) is 22.3. The molecule has 10 heteroatoms. The normalized spacial score (nSPS) is 15.1. The maximum absolute atomic E-state index is 13.9. The summed E-state index contributed by atoms with van der Waals surface area (Å²) in [5.41, 5.74) is 4.68. The molecule has 0 radical (unpaired) electrons. The molecule has 1 aliphatic rings. The van der Waals surface area contributed by atoms with Crippen molar-refractivity contribution in [3.8, 4) is 16.9 Å². The van der Waals surface area contributed by atoms with Crippen molar-refractivity contribution in [1.82, 2.24) is 9.21 Å². The minimum absolute atomic E-state index is 0.0198. The fourth-order valence-corrected chi connectivity index (χ4v) is 7.21. The molecule has 0 fully saturated rings. The fourth-order valence-electron chi connectivity index (χ4n) is 5.74. The number of carboxylic acids is 1. The third-order valence-corrected chi connectivity index (χ3v) is 10.1. The lowest BCUT2D eigenvalue weighted by atomic mass is 10.00. The van der Waals surface area contributed by atoms with Crippen LogP contribution in [-0.2, 0) is 26.2 Å². The van der Waals surface area contributed by atoms with E-state index in [1.807, 2.05) is 48.5 Å². The number of hydrogen-bond acceptors (Lipinski definition) is 6. The Morgan fingerprint density at radius 1 is 0.830 bits per heavy atom. The molecule has 47 heavy (non-hydrogen) atoms. The summed E-state index contributed by atoms with van der Waals surface area (Å²) in [4.78, 5) is 28.6. The topological polar surface area (TPSA) is 107 Å². The largest absolute Gasteiger partial charge is 0.493 e. The number of rotatable bonds is 9. The molecular weight excluding hydrogens is 614 g/mol.